The highest BCUT2D eigenvalue weighted by molar-refractivity contribution is 6.40. The SMILES string of the molecule is CCCCNc1ccc(C(=O)OCCOCCOCCOCCOCCOCCOCCOCCOC(=O)C(=O)c2ccccc2)cc1. The summed E-state index contributed by atoms with van der Waals surface area (Å²) in [5.41, 5.74) is 1.79. The molecule has 0 saturated carbocycles. The number of esters is 2. The molecule has 2 aromatic carbocycles. The van der Waals surface area contributed by atoms with Gasteiger partial charge in [-0.1, -0.05) is 43.7 Å². The molecule has 0 radical (unpaired) electrons. The van der Waals surface area contributed by atoms with Gasteiger partial charge in [0.15, 0.2) is 0 Å². The molecule has 268 valence electrons. The lowest BCUT2D eigenvalue weighted by Crippen LogP contribution is -2.20. The summed E-state index contributed by atoms with van der Waals surface area (Å²) in [5.74, 6) is -1.95. The number of benzene rings is 2. The second kappa shape index (κ2) is 28.6. The molecule has 0 aliphatic carbocycles. The van der Waals surface area contributed by atoms with E-state index in [1.165, 1.54) is 0 Å². The van der Waals surface area contributed by atoms with Gasteiger partial charge in [0.1, 0.15) is 13.2 Å². The molecule has 13 nitrogen and oxygen atoms in total. The average Bonchev–Trinajstić information content (AvgIpc) is 3.11. The highest BCUT2D eigenvalue weighted by Crippen LogP contribution is 2.11. The summed E-state index contributed by atoms with van der Waals surface area (Å²) in [4.78, 5) is 35.7. The quantitative estimate of drug-likeness (QED) is 0.0537. The fourth-order valence-corrected chi connectivity index (χ4v) is 3.80. The van der Waals surface area contributed by atoms with E-state index in [9.17, 15) is 14.4 Å². The van der Waals surface area contributed by atoms with E-state index in [0.29, 0.717) is 97.0 Å². The van der Waals surface area contributed by atoms with Crippen LogP contribution in [0.2, 0.25) is 0 Å². The Labute approximate surface area is 283 Å². The number of hydrogen-bond acceptors (Lipinski definition) is 13. The van der Waals surface area contributed by atoms with Crippen LogP contribution in [0.4, 0.5) is 5.69 Å². The zero-order valence-electron chi connectivity index (χ0n) is 28.0. The highest BCUT2D eigenvalue weighted by Gasteiger charge is 2.17. The lowest BCUT2D eigenvalue weighted by atomic mass is 10.1. The number of ketones is 1. The third kappa shape index (κ3) is 20.7. The van der Waals surface area contributed by atoms with Crippen molar-refractivity contribution in [3.63, 3.8) is 0 Å². The van der Waals surface area contributed by atoms with Gasteiger partial charge in [0.05, 0.1) is 98.1 Å². The fraction of sp³-hybridized carbons (Fsp3) is 0.571. The first-order chi connectivity index (χ1) is 23.6. The molecule has 1 N–H and O–H groups in total. The minimum absolute atomic E-state index is 0.00782. The summed E-state index contributed by atoms with van der Waals surface area (Å²) >= 11 is 0. The topological polar surface area (TPSA) is 146 Å². The predicted molar refractivity (Wildman–Crippen MR) is 178 cm³/mol. The predicted octanol–water partition coefficient (Wildman–Crippen LogP) is 3.60. The van der Waals surface area contributed by atoms with Gasteiger partial charge in [0.2, 0.25) is 0 Å². The molecule has 0 spiro atoms. The van der Waals surface area contributed by atoms with Crippen LogP contribution in [-0.4, -0.2) is 130 Å². The molecule has 48 heavy (non-hydrogen) atoms. The maximum atomic E-state index is 12.1. The van der Waals surface area contributed by atoms with E-state index in [4.69, 9.17) is 42.6 Å². The summed E-state index contributed by atoms with van der Waals surface area (Å²) < 4.78 is 48.1. The molecule has 0 heterocycles. The van der Waals surface area contributed by atoms with E-state index in [1.807, 2.05) is 12.1 Å². The van der Waals surface area contributed by atoms with Crippen LogP contribution >= 0.6 is 0 Å². The van der Waals surface area contributed by atoms with Crippen molar-refractivity contribution in [2.24, 2.45) is 0 Å². The standard InChI is InChI=1S/C35H51NO12/c1-2-3-13-36-32-11-9-31(10-12-32)34(38)47-28-26-45-24-22-43-20-18-41-16-14-40-15-17-42-19-21-44-23-25-46-27-29-48-35(39)33(37)30-7-5-4-6-8-30/h4-12,36H,2-3,13-29H2,1H3. The fourth-order valence-electron chi connectivity index (χ4n) is 3.80. The number of ether oxygens (including phenoxy) is 9. The highest BCUT2D eigenvalue weighted by atomic mass is 16.6. The minimum Gasteiger partial charge on any atom is -0.460 e. The lowest BCUT2D eigenvalue weighted by molar-refractivity contribution is -0.139. The van der Waals surface area contributed by atoms with Crippen molar-refractivity contribution in [1.82, 2.24) is 0 Å². The van der Waals surface area contributed by atoms with Crippen molar-refractivity contribution in [2.45, 2.75) is 19.8 Å². The zero-order chi connectivity index (χ0) is 34.3. The lowest BCUT2D eigenvalue weighted by Gasteiger charge is -2.09. The zero-order valence-corrected chi connectivity index (χ0v) is 28.0. The third-order valence-corrected chi connectivity index (χ3v) is 6.36. The number of carbonyl (C=O) groups excluding carboxylic acids is 3. The van der Waals surface area contributed by atoms with Gasteiger partial charge in [0.25, 0.3) is 5.78 Å². The molecule has 0 atom stereocenters. The Bertz CT molecular complexity index is 1100. The molecule has 0 bridgehead atoms. The van der Waals surface area contributed by atoms with E-state index in [-0.39, 0.29) is 25.8 Å². The summed E-state index contributed by atoms with van der Waals surface area (Å²) in [6, 6.07) is 15.5. The van der Waals surface area contributed by atoms with Crippen molar-refractivity contribution in [2.75, 3.05) is 118 Å². The molecule has 0 unspecified atom stereocenters. The van der Waals surface area contributed by atoms with Crippen LogP contribution in [0.5, 0.6) is 0 Å². The van der Waals surface area contributed by atoms with Gasteiger partial charge in [-0.25, -0.2) is 9.59 Å². The number of nitrogens with one attached hydrogen (secondary N) is 1. The van der Waals surface area contributed by atoms with E-state index in [0.717, 1.165) is 25.1 Å². The van der Waals surface area contributed by atoms with Crippen LogP contribution in [0.1, 0.15) is 40.5 Å². The average molecular weight is 678 g/mol. The van der Waals surface area contributed by atoms with Crippen LogP contribution in [-0.2, 0) is 47.4 Å². The Morgan fingerprint density at radius 1 is 0.500 bits per heavy atom. The Morgan fingerprint density at radius 3 is 1.35 bits per heavy atom. The van der Waals surface area contributed by atoms with Gasteiger partial charge < -0.3 is 47.9 Å². The van der Waals surface area contributed by atoms with Gasteiger partial charge in [-0.2, -0.15) is 0 Å². The van der Waals surface area contributed by atoms with Crippen molar-refractivity contribution < 1.29 is 57.0 Å². The van der Waals surface area contributed by atoms with Crippen molar-refractivity contribution in [3.8, 4) is 0 Å². The van der Waals surface area contributed by atoms with Crippen molar-refractivity contribution in [1.29, 1.82) is 0 Å². The summed E-state index contributed by atoms with van der Waals surface area (Å²) in [5, 5.41) is 3.31. The van der Waals surface area contributed by atoms with Gasteiger partial charge in [-0.05, 0) is 30.7 Å². The maximum absolute atomic E-state index is 12.1. The Morgan fingerprint density at radius 2 is 0.917 bits per heavy atom. The van der Waals surface area contributed by atoms with Crippen LogP contribution in [0.3, 0.4) is 0 Å². The van der Waals surface area contributed by atoms with Crippen molar-refractivity contribution in [3.05, 3.63) is 65.7 Å². The first-order valence-electron chi connectivity index (χ1n) is 16.4. The summed E-state index contributed by atoms with van der Waals surface area (Å²) in [7, 11) is 0. The molecule has 0 fully saturated rings. The van der Waals surface area contributed by atoms with E-state index >= 15 is 0 Å². The number of Topliss-reactive ketones (excluding diaryl/α,β-unsaturated/α-hetero) is 1. The third-order valence-electron chi connectivity index (χ3n) is 6.36. The van der Waals surface area contributed by atoms with Crippen LogP contribution in [0, 0.1) is 0 Å². The van der Waals surface area contributed by atoms with Gasteiger partial charge >= 0.3 is 11.9 Å². The molecule has 2 rings (SSSR count). The van der Waals surface area contributed by atoms with Crippen LogP contribution in [0.25, 0.3) is 0 Å². The minimum atomic E-state index is -0.901. The van der Waals surface area contributed by atoms with Gasteiger partial charge in [-0.15, -0.1) is 0 Å². The van der Waals surface area contributed by atoms with E-state index in [1.54, 1.807) is 42.5 Å². The molecule has 0 saturated heterocycles. The Hall–Kier alpha value is -3.43. The molecule has 0 aliphatic heterocycles. The number of anilines is 1. The van der Waals surface area contributed by atoms with Crippen LogP contribution < -0.4 is 5.32 Å². The first-order valence-corrected chi connectivity index (χ1v) is 16.4. The number of carbonyl (C=O) groups is 3. The number of hydrogen-bond donors (Lipinski definition) is 1. The van der Waals surface area contributed by atoms with E-state index < -0.39 is 11.8 Å². The molecular formula is C35H51NO12. The first kappa shape index (κ1) is 40.7. The second-order valence-electron chi connectivity index (χ2n) is 10.1. The second-order valence-corrected chi connectivity index (χ2v) is 10.1. The molecule has 0 aromatic heterocycles. The van der Waals surface area contributed by atoms with Crippen LogP contribution in [0.15, 0.2) is 54.6 Å². The normalized spacial score (nSPS) is 10.9. The monoisotopic (exact) mass is 677 g/mol. The molecular weight excluding hydrogens is 626 g/mol. The number of unbranched alkanes of at least 4 members (excludes halogenated alkanes) is 1. The largest absolute Gasteiger partial charge is 0.460 e. The number of rotatable bonds is 31. The van der Waals surface area contributed by atoms with E-state index in [2.05, 4.69) is 12.2 Å². The maximum Gasteiger partial charge on any atom is 0.379 e. The summed E-state index contributed by atoms with van der Waals surface area (Å²) in [6.07, 6.45) is 2.23. The van der Waals surface area contributed by atoms with Gasteiger partial charge in [0, 0.05) is 17.8 Å². The molecule has 0 amide bonds. The Kier molecular flexibility index (Phi) is 24.3. The van der Waals surface area contributed by atoms with Gasteiger partial charge in [-0.3, -0.25) is 4.79 Å². The van der Waals surface area contributed by atoms with Crippen molar-refractivity contribution >= 4 is 23.4 Å². The molecule has 2 aromatic rings. The smallest absolute Gasteiger partial charge is 0.379 e. The molecule has 13 heteroatoms. The summed E-state index contributed by atoms with van der Waals surface area (Å²) in [6.45, 7) is 8.75. The Balaban J connectivity index is 1.23. The molecule has 0 aliphatic rings.